The Balaban J connectivity index is 2.05. The van der Waals surface area contributed by atoms with E-state index in [4.69, 9.17) is 5.73 Å². The molecule has 21 heavy (non-hydrogen) atoms. The molecule has 0 spiro atoms. The summed E-state index contributed by atoms with van der Waals surface area (Å²) in [7, 11) is -2.88. The molecule has 5 atom stereocenters. The third kappa shape index (κ3) is 4.44. The minimum Gasteiger partial charge on any atom is -0.330 e. The number of nitrogens with two attached hydrogens (primary N) is 1. The molecule has 124 valence electrons. The Labute approximate surface area is 131 Å². The zero-order valence-electron chi connectivity index (χ0n) is 13.8. The first-order valence-electron chi connectivity index (χ1n) is 8.84. The molecule has 0 aliphatic heterocycles. The molecule has 0 aromatic heterocycles. The van der Waals surface area contributed by atoms with Crippen molar-refractivity contribution in [3.8, 4) is 0 Å². The summed E-state index contributed by atoms with van der Waals surface area (Å²) < 4.78 is 23.8. The van der Waals surface area contributed by atoms with Crippen molar-refractivity contribution < 1.29 is 8.42 Å². The molecular weight excluding hydrogens is 282 g/mol. The van der Waals surface area contributed by atoms with Gasteiger partial charge in [0, 0.05) is 6.26 Å². The smallest absolute Gasteiger partial charge is 0.150 e. The predicted molar refractivity (Wildman–Crippen MR) is 88.9 cm³/mol. The Hall–Kier alpha value is -0.0900. The first kappa shape index (κ1) is 17.3. The van der Waals surface area contributed by atoms with E-state index >= 15 is 0 Å². The van der Waals surface area contributed by atoms with E-state index in [1.807, 2.05) is 0 Å². The third-order valence-electron chi connectivity index (χ3n) is 6.03. The van der Waals surface area contributed by atoms with Crippen LogP contribution in [-0.4, -0.2) is 26.5 Å². The van der Waals surface area contributed by atoms with Gasteiger partial charge in [-0.3, -0.25) is 0 Å². The molecule has 0 amide bonds. The van der Waals surface area contributed by atoms with Crippen LogP contribution in [0.5, 0.6) is 0 Å². The van der Waals surface area contributed by atoms with E-state index in [1.165, 1.54) is 44.8 Å². The zero-order valence-corrected chi connectivity index (χ0v) is 14.6. The maximum Gasteiger partial charge on any atom is 0.150 e. The van der Waals surface area contributed by atoms with Crippen LogP contribution in [0.1, 0.15) is 64.7 Å². The Kier molecular flexibility index (Phi) is 6.13. The molecule has 0 saturated heterocycles. The fraction of sp³-hybridized carbons (Fsp3) is 1.00. The van der Waals surface area contributed by atoms with Crippen molar-refractivity contribution in [2.24, 2.45) is 29.4 Å². The van der Waals surface area contributed by atoms with E-state index in [0.717, 1.165) is 31.7 Å². The van der Waals surface area contributed by atoms with E-state index in [-0.39, 0.29) is 5.25 Å². The lowest BCUT2D eigenvalue weighted by atomic mass is 9.64. The van der Waals surface area contributed by atoms with Gasteiger partial charge in [-0.1, -0.05) is 39.0 Å². The molecule has 0 aromatic rings. The SMILES string of the molecule is CCCC1CCC(CN)C(C2CCCC(S(C)(=O)=O)C2)C1. The first-order chi connectivity index (χ1) is 9.95. The van der Waals surface area contributed by atoms with Gasteiger partial charge in [0.2, 0.25) is 0 Å². The molecule has 2 aliphatic rings. The summed E-state index contributed by atoms with van der Waals surface area (Å²) in [5.41, 5.74) is 6.02. The van der Waals surface area contributed by atoms with Crippen LogP contribution in [0.15, 0.2) is 0 Å². The third-order valence-corrected chi connectivity index (χ3v) is 7.67. The highest BCUT2D eigenvalue weighted by atomic mass is 32.2. The molecule has 0 heterocycles. The Morgan fingerprint density at radius 2 is 1.86 bits per heavy atom. The van der Waals surface area contributed by atoms with E-state index in [0.29, 0.717) is 17.8 Å². The Bertz CT molecular complexity index is 421. The Morgan fingerprint density at radius 1 is 1.10 bits per heavy atom. The summed E-state index contributed by atoms with van der Waals surface area (Å²) in [6, 6.07) is 0. The number of rotatable bonds is 5. The molecule has 5 unspecified atom stereocenters. The highest BCUT2D eigenvalue weighted by molar-refractivity contribution is 7.91. The maximum atomic E-state index is 11.9. The molecule has 0 radical (unpaired) electrons. The first-order valence-corrected chi connectivity index (χ1v) is 10.8. The number of sulfone groups is 1. The van der Waals surface area contributed by atoms with Gasteiger partial charge in [-0.15, -0.1) is 0 Å². The molecule has 0 bridgehead atoms. The molecule has 4 heteroatoms. The maximum absolute atomic E-state index is 11.9. The van der Waals surface area contributed by atoms with Crippen LogP contribution in [0, 0.1) is 23.7 Å². The zero-order chi connectivity index (χ0) is 15.5. The summed E-state index contributed by atoms with van der Waals surface area (Å²) in [5, 5.41) is -0.0961. The fourth-order valence-corrected chi connectivity index (χ4v) is 6.05. The van der Waals surface area contributed by atoms with Crippen LogP contribution in [0.4, 0.5) is 0 Å². The quantitative estimate of drug-likeness (QED) is 0.846. The second-order valence-electron chi connectivity index (χ2n) is 7.51. The average Bonchev–Trinajstić information content (AvgIpc) is 2.47. The lowest BCUT2D eigenvalue weighted by Crippen LogP contribution is -2.39. The van der Waals surface area contributed by atoms with Crippen LogP contribution < -0.4 is 5.73 Å². The van der Waals surface area contributed by atoms with Gasteiger partial charge in [-0.25, -0.2) is 8.42 Å². The van der Waals surface area contributed by atoms with Gasteiger partial charge in [-0.05, 0) is 55.9 Å². The van der Waals surface area contributed by atoms with E-state index in [9.17, 15) is 8.42 Å². The van der Waals surface area contributed by atoms with E-state index < -0.39 is 9.84 Å². The summed E-state index contributed by atoms with van der Waals surface area (Å²) in [5.74, 6) is 2.74. The summed E-state index contributed by atoms with van der Waals surface area (Å²) in [6.45, 7) is 3.05. The summed E-state index contributed by atoms with van der Waals surface area (Å²) in [4.78, 5) is 0. The van der Waals surface area contributed by atoms with Crippen LogP contribution in [0.25, 0.3) is 0 Å². The van der Waals surface area contributed by atoms with Crippen molar-refractivity contribution in [3.05, 3.63) is 0 Å². The largest absolute Gasteiger partial charge is 0.330 e. The van der Waals surface area contributed by atoms with Crippen molar-refractivity contribution in [1.29, 1.82) is 0 Å². The predicted octanol–water partition coefficient (Wildman–Crippen LogP) is 3.38. The molecule has 0 aromatic carbocycles. The second kappa shape index (κ2) is 7.45. The lowest BCUT2D eigenvalue weighted by Gasteiger charge is -2.43. The standard InChI is InChI=1S/C17H33NO2S/c1-3-5-13-8-9-15(12-18)17(10-13)14-6-4-7-16(11-14)21(2,19)20/h13-17H,3-12,18H2,1-2H3. The minimum absolute atomic E-state index is 0.0961. The van der Waals surface area contributed by atoms with Crippen molar-refractivity contribution in [2.45, 2.75) is 70.0 Å². The highest BCUT2D eigenvalue weighted by Crippen LogP contribution is 2.45. The van der Waals surface area contributed by atoms with Gasteiger partial charge >= 0.3 is 0 Å². The topological polar surface area (TPSA) is 60.2 Å². The average molecular weight is 316 g/mol. The molecule has 2 aliphatic carbocycles. The van der Waals surface area contributed by atoms with Gasteiger partial charge in [0.15, 0.2) is 0 Å². The van der Waals surface area contributed by atoms with Crippen LogP contribution in [0.2, 0.25) is 0 Å². The highest BCUT2D eigenvalue weighted by Gasteiger charge is 2.38. The second-order valence-corrected chi connectivity index (χ2v) is 9.83. The normalized spacial score (nSPS) is 38.3. The van der Waals surface area contributed by atoms with Crippen molar-refractivity contribution in [3.63, 3.8) is 0 Å². The van der Waals surface area contributed by atoms with Gasteiger partial charge in [-0.2, -0.15) is 0 Å². The van der Waals surface area contributed by atoms with Gasteiger partial charge in [0.1, 0.15) is 9.84 Å². The molecule has 2 N–H and O–H groups in total. The molecule has 2 fully saturated rings. The summed E-state index contributed by atoms with van der Waals surface area (Å²) in [6.07, 6.45) is 11.9. The Morgan fingerprint density at radius 3 is 2.48 bits per heavy atom. The monoisotopic (exact) mass is 315 g/mol. The van der Waals surface area contributed by atoms with Crippen LogP contribution in [0.3, 0.4) is 0 Å². The van der Waals surface area contributed by atoms with Gasteiger partial charge in [0.05, 0.1) is 5.25 Å². The number of hydrogen-bond donors (Lipinski definition) is 1. The lowest BCUT2D eigenvalue weighted by molar-refractivity contribution is 0.0975. The fourth-order valence-electron chi connectivity index (χ4n) is 4.86. The van der Waals surface area contributed by atoms with Gasteiger partial charge in [0.25, 0.3) is 0 Å². The summed E-state index contributed by atoms with van der Waals surface area (Å²) >= 11 is 0. The van der Waals surface area contributed by atoms with Crippen LogP contribution in [-0.2, 0) is 9.84 Å². The molecule has 2 saturated carbocycles. The van der Waals surface area contributed by atoms with Gasteiger partial charge < -0.3 is 5.73 Å². The van der Waals surface area contributed by atoms with Crippen molar-refractivity contribution in [1.82, 2.24) is 0 Å². The minimum atomic E-state index is -2.88. The molecular formula is C17H33NO2S. The van der Waals surface area contributed by atoms with Crippen LogP contribution >= 0.6 is 0 Å². The van der Waals surface area contributed by atoms with E-state index in [2.05, 4.69) is 6.92 Å². The van der Waals surface area contributed by atoms with E-state index in [1.54, 1.807) is 0 Å². The van der Waals surface area contributed by atoms with Crippen molar-refractivity contribution >= 4 is 9.84 Å². The molecule has 2 rings (SSSR count). The number of hydrogen-bond acceptors (Lipinski definition) is 3. The molecule has 3 nitrogen and oxygen atoms in total. The van der Waals surface area contributed by atoms with Crippen molar-refractivity contribution in [2.75, 3.05) is 12.8 Å².